The Bertz CT molecular complexity index is 1290. The molecule has 3 heterocycles. The van der Waals surface area contributed by atoms with Gasteiger partial charge in [0.05, 0.1) is 17.8 Å². The van der Waals surface area contributed by atoms with Crippen molar-refractivity contribution in [2.45, 2.75) is 18.4 Å². The van der Waals surface area contributed by atoms with Gasteiger partial charge in [0.15, 0.2) is 0 Å². The second kappa shape index (κ2) is 8.23. The highest BCUT2D eigenvalue weighted by Gasteiger charge is 2.57. The van der Waals surface area contributed by atoms with Crippen molar-refractivity contribution >= 4 is 23.7 Å². The number of fused-ring (bicyclic) bond motifs is 4. The molecule has 3 atom stereocenters. The maximum atomic E-state index is 12.8. The molecule has 8 nitrogen and oxygen atoms in total. The summed E-state index contributed by atoms with van der Waals surface area (Å²) >= 11 is 0. The lowest BCUT2D eigenvalue weighted by Gasteiger charge is -2.32. The van der Waals surface area contributed by atoms with Gasteiger partial charge in [-0.25, -0.2) is 9.78 Å². The number of amides is 2. The minimum atomic E-state index is -0.850. The number of ether oxygens (including phenoxy) is 1. The van der Waals surface area contributed by atoms with Crippen LogP contribution >= 0.6 is 0 Å². The predicted molar refractivity (Wildman–Crippen MR) is 127 cm³/mol. The molecule has 2 saturated heterocycles. The van der Waals surface area contributed by atoms with Crippen LogP contribution in [0.2, 0.25) is 0 Å². The summed E-state index contributed by atoms with van der Waals surface area (Å²) in [5.74, 6) is -1.62. The minimum Gasteiger partial charge on any atom is -0.481 e. The molecule has 2 aliphatic carbocycles. The third-order valence-corrected chi connectivity index (χ3v) is 7.42. The van der Waals surface area contributed by atoms with Crippen LogP contribution in [0.5, 0.6) is 0 Å². The van der Waals surface area contributed by atoms with Gasteiger partial charge in [-0.15, -0.1) is 0 Å². The molecule has 8 heteroatoms. The number of rotatable bonds is 5. The van der Waals surface area contributed by atoms with Crippen LogP contribution in [0.4, 0.5) is 10.5 Å². The lowest BCUT2D eigenvalue weighted by molar-refractivity contribution is -0.147. The van der Waals surface area contributed by atoms with Crippen molar-refractivity contribution in [3.63, 3.8) is 0 Å². The second-order valence-electron chi connectivity index (χ2n) is 9.27. The van der Waals surface area contributed by atoms with Gasteiger partial charge in [-0.05, 0) is 46.7 Å². The Morgan fingerprint density at radius 3 is 2.29 bits per heavy atom. The molecule has 176 valence electrons. The Morgan fingerprint density at radius 2 is 1.69 bits per heavy atom. The van der Waals surface area contributed by atoms with Crippen LogP contribution in [-0.2, 0) is 9.53 Å². The smallest absolute Gasteiger partial charge is 0.411 e. The molecule has 3 aromatic rings. The van der Waals surface area contributed by atoms with E-state index in [4.69, 9.17) is 4.74 Å². The summed E-state index contributed by atoms with van der Waals surface area (Å²) in [6.07, 6.45) is 1.53. The van der Waals surface area contributed by atoms with E-state index in [0.717, 1.165) is 28.7 Å². The molecule has 3 unspecified atom stereocenters. The quantitative estimate of drug-likeness (QED) is 0.585. The number of carbonyl (C=O) groups is 3. The van der Waals surface area contributed by atoms with Gasteiger partial charge >= 0.3 is 12.1 Å². The van der Waals surface area contributed by atoms with Gasteiger partial charge in [-0.3, -0.25) is 14.9 Å². The number of carbonyl (C=O) groups excluding carboxylic acids is 2. The standard InChI is InChI=1S/C27H23N3O5/c31-25(30-13-15-11-23(30)24(15)26(32)33)22-10-9-16(12-28-22)29-27(34)35-14-21-19-7-3-1-5-17(19)18-6-2-4-8-20(18)21/h1-10,12,15,21,23-24H,11,13-14H2,(H,29,34)(H,32,33). The van der Waals surface area contributed by atoms with Gasteiger partial charge in [-0.2, -0.15) is 0 Å². The molecule has 1 saturated carbocycles. The number of pyridine rings is 1. The molecular weight excluding hydrogens is 446 g/mol. The Labute approximate surface area is 201 Å². The predicted octanol–water partition coefficient (Wildman–Crippen LogP) is 3.99. The van der Waals surface area contributed by atoms with E-state index in [9.17, 15) is 19.5 Å². The minimum absolute atomic E-state index is 0.0240. The lowest BCUT2D eigenvalue weighted by Crippen LogP contribution is -2.45. The van der Waals surface area contributed by atoms with Crippen LogP contribution in [0.1, 0.15) is 34.0 Å². The van der Waals surface area contributed by atoms with E-state index in [1.807, 2.05) is 24.3 Å². The number of hydrogen-bond acceptors (Lipinski definition) is 5. The van der Waals surface area contributed by atoms with E-state index in [2.05, 4.69) is 34.6 Å². The monoisotopic (exact) mass is 469 g/mol. The summed E-state index contributed by atoms with van der Waals surface area (Å²) in [7, 11) is 0. The van der Waals surface area contributed by atoms with E-state index >= 15 is 0 Å². The van der Waals surface area contributed by atoms with Crippen molar-refractivity contribution in [1.82, 2.24) is 9.88 Å². The third kappa shape index (κ3) is 3.53. The first-order valence-electron chi connectivity index (χ1n) is 11.6. The van der Waals surface area contributed by atoms with Crippen LogP contribution in [-0.4, -0.2) is 52.2 Å². The number of anilines is 1. The maximum Gasteiger partial charge on any atom is 0.411 e. The highest BCUT2D eigenvalue weighted by molar-refractivity contribution is 5.94. The molecule has 2 aromatic carbocycles. The van der Waals surface area contributed by atoms with Crippen LogP contribution in [0.15, 0.2) is 66.9 Å². The number of nitrogens with one attached hydrogen (secondary N) is 1. The van der Waals surface area contributed by atoms with Gasteiger partial charge in [0.1, 0.15) is 12.3 Å². The molecule has 0 spiro atoms. The molecule has 1 aromatic heterocycles. The number of aliphatic carboxylic acids is 1. The average molecular weight is 469 g/mol. The summed E-state index contributed by atoms with van der Waals surface area (Å²) in [4.78, 5) is 42.4. The van der Waals surface area contributed by atoms with Gasteiger partial charge in [-0.1, -0.05) is 48.5 Å². The van der Waals surface area contributed by atoms with Crippen molar-refractivity contribution in [2.75, 3.05) is 18.5 Å². The van der Waals surface area contributed by atoms with Gasteiger partial charge in [0, 0.05) is 18.5 Å². The maximum absolute atomic E-state index is 12.8. The number of carboxylic acids is 1. The summed E-state index contributed by atoms with van der Waals surface area (Å²) in [5, 5.41) is 12.0. The van der Waals surface area contributed by atoms with E-state index in [1.54, 1.807) is 11.0 Å². The summed E-state index contributed by atoms with van der Waals surface area (Å²) in [6, 6.07) is 19.1. The van der Waals surface area contributed by atoms with Crippen molar-refractivity contribution in [2.24, 2.45) is 11.8 Å². The van der Waals surface area contributed by atoms with Gasteiger partial charge < -0.3 is 14.7 Å². The van der Waals surface area contributed by atoms with Crippen LogP contribution in [0.3, 0.4) is 0 Å². The van der Waals surface area contributed by atoms with E-state index < -0.39 is 18.0 Å². The summed E-state index contributed by atoms with van der Waals surface area (Å²) in [6.45, 7) is 0.647. The Morgan fingerprint density at radius 1 is 1.00 bits per heavy atom. The van der Waals surface area contributed by atoms with E-state index in [1.165, 1.54) is 12.3 Å². The first kappa shape index (κ1) is 21.3. The van der Waals surface area contributed by atoms with Gasteiger partial charge in [0.2, 0.25) is 0 Å². The third-order valence-electron chi connectivity index (χ3n) is 7.42. The Kier molecular flexibility index (Phi) is 5.02. The number of carboxylic acid groups (broad SMARTS) is 1. The van der Waals surface area contributed by atoms with Crippen LogP contribution in [0.25, 0.3) is 11.1 Å². The highest BCUT2D eigenvalue weighted by Crippen LogP contribution is 2.47. The fourth-order valence-electron chi connectivity index (χ4n) is 5.71. The molecule has 7 rings (SSSR count). The van der Waals surface area contributed by atoms with Crippen molar-refractivity contribution in [3.05, 3.63) is 83.7 Å². The van der Waals surface area contributed by atoms with Crippen molar-refractivity contribution in [3.8, 4) is 11.1 Å². The zero-order valence-corrected chi connectivity index (χ0v) is 18.8. The van der Waals surface area contributed by atoms with Crippen LogP contribution < -0.4 is 5.32 Å². The van der Waals surface area contributed by atoms with E-state index in [-0.39, 0.29) is 36.1 Å². The molecular formula is C27H23N3O5. The Hall–Kier alpha value is -4.20. The van der Waals surface area contributed by atoms with Crippen LogP contribution in [0, 0.1) is 11.8 Å². The topological polar surface area (TPSA) is 109 Å². The molecule has 4 aliphatic rings. The van der Waals surface area contributed by atoms with Crippen molar-refractivity contribution < 1.29 is 24.2 Å². The zero-order valence-electron chi connectivity index (χ0n) is 18.8. The summed E-state index contributed by atoms with van der Waals surface area (Å²) in [5.41, 5.74) is 5.22. The first-order chi connectivity index (χ1) is 17.0. The number of hydrogen-bond donors (Lipinski definition) is 2. The number of benzene rings is 2. The SMILES string of the molecule is O=C(Nc1ccc(C(=O)N2CC3CC2C3C(=O)O)nc1)OCC1c2ccccc2-c2ccccc21. The lowest BCUT2D eigenvalue weighted by atomic mass is 9.74. The fraction of sp³-hybridized carbons (Fsp3) is 0.259. The van der Waals surface area contributed by atoms with E-state index in [0.29, 0.717) is 12.2 Å². The number of aromatic nitrogens is 1. The molecule has 2 bridgehead atoms. The first-order valence-corrected chi connectivity index (χ1v) is 11.6. The molecule has 0 radical (unpaired) electrons. The van der Waals surface area contributed by atoms with Gasteiger partial charge in [0.25, 0.3) is 5.91 Å². The molecule has 2 N–H and O–H groups in total. The second-order valence-corrected chi connectivity index (χ2v) is 9.27. The molecule has 3 fully saturated rings. The zero-order chi connectivity index (χ0) is 24.1. The largest absolute Gasteiger partial charge is 0.481 e. The fourth-order valence-corrected chi connectivity index (χ4v) is 5.71. The Balaban J connectivity index is 1.08. The molecule has 35 heavy (non-hydrogen) atoms. The normalized spacial score (nSPS) is 21.6. The highest BCUT2D eigenvalue weighted by atomic mass is 16.5. The summed E-state index contributed by atoms with van der Waals surface area (Å²) < 4.78 is 5.55. The molecule has 2 amide bonds. The van der Waals surface area contributed by atoms with Crippen molar-refractivity contribution in [1.29, 1.82) is 0 Å². The average Bonchev–Trinajstić information content (AvgIpc) is 3.54. The molecule has 2 aliphatic heterocycles. The number of nitrogens with zero attached hydrogens (tertiary/aromatic N) is 2.